The maximum atomic E-state index is 12.7. The third-order valence-electron chi connectivity index (χ3n) is 6.32. The van der Waals surface area contributed by atoms with Gasteiger partial charge in [-0.05, 0) is 43.6 Å². The Labute approximate surface area is 175 Å². The topological polar surface area (TPSA) is 35.6 Å². The van der Waals surface area contributed by atoms with Gasteiger partial charge in [0.1, 0.15) is 0 Å². The standard InChI is InChI=1S/C21H31N3O.2ClH/c25-21(16-18-14-19-6-7-20(15-18)22-19)24-12-10-23(11-13-24)9-8-17-4-2-1-3-5-17;;/h1-5,18-20,22H,6-16H2;2*1H. The van der Waals surface area contributed by atoms with Crippen molar-refractivity contribution in [1.29, 1.82) is 0 Å². The normalized spacial score (nSPS) is 27.6. The number of hydrogen-bond donors (Lipinski definition) is 1. The molecule has 0 aliphatic carbocycles. The van der Waals surface area contributed by atoms with Gasteiger partial charge in [0.2, 0.25) is 5.91 Å². The Balaban J connectivity index is 0.00000131. The van der Waals surface area contributed by atoms with E-state index in [4.69, 9.17) is 0 Å². The van der Waals surface area contributed by atoms with Crippen LogP contribution in [0, 0.1) is 5.92 Å². The number of nitrogens with one attached hydrogen (secondary N) is 1. The van der Waals surface area contributed by atoms with Crippen LogP contribution in [0.5, 0.6) is 0 Å². The molecule has 2 unspecified atom stereocenters. The first-order valence-electron chi connectivity index (χ1n) is 10.1. The van der Waals surface area contributed by atoms with Gasteiger partial charge in [-0.1, -0.05) is 30.3 Å². The van der Waals surface area contributed by atoms with Gasteiger partial charge in [-0.15, -0.1) is 24.8 Å². The molecule has 0 radical (unpaired) electrons. The van der Waals surface area contributed by atoms with Crippen LogP contribution in [0.3, 0.4) is 0 Å². The molecule has 6 heteroatoms. The van der Waals surface area contributed by atoms with Crippen molar-refractivity contribution in [2.45, 2.75) is 50.6 Å². The number of piperazine rings is 1. The van der Waals surface area contributed by atoms with Gasteiger partial charge in [0.05, 0.1) is 0 Å². The van der Waals surface area contributed by atoms with E-state index >= 15 is 0 Å². The van der Waals surface area contributed by atoms with Crippen molar-refractivity contribution in [3.63, 3.8) is 0 Å². The molecule has 27 heavy (non-hydrogen) atoms. The summed E-state index contributed by atoms with van der Waals surface area (Å²) in [6.07, 6.45) is 6.93. The van der Waals surface area contributed by atoms with E-state index in [1.165, 1.54) is 31.2 Å². The molecule has 2 atom stereocenters. The van der Waals surface area contributed by atoms with Gasteiger partial charge in [0.15, 0.2) is 0 Å². The van der Waals surface area contributed by atoms with Gasteiger partial charge >= 0.3 is 0 Å². The smallest absolute Gasteiger partial charge is 0.222 e. The van der Waals surface area contributed by atoms with Gasteiger partial charge < -0.3 is 10.2 Å². The van der Waals surface area contributed by atoms with E-state index < -0.39 is 0 Å². The highest BCUT2D eigenvalue weighted by Crippen LogP contribution is 2.33. The van der Waals surface area contributed by atoms with Gasteiger partial charge in [0.25, 0.3) is 0 Å². The molecule has 4 nitrogen and oxygen atoms in total. The quantitative estimate of drug-likeness (QED) is 0.804. The number of fused-ring (bicyclic) bond motifs is 2. The molecule has 4 rings (SSSR count). The second kappa shape index (κ2) is 10.7. The molecule has 2 bridgehead atoms. The summed E-state index contributed by atoms with van der Waals surface area (Å²) in [6.45, 7) is 4.96. The predicted molar refractivity (Wildman–Crippen MR) is 115 cm³/mol. The maximum absolute atomic E-state index is 12.7. The van der Waals surface area contributed by atoms with Crippen molar-refractivity contribution in [2.24, 2.45) is 5.92 Å². The number of amides is 1. The van der Waals surface area contributed by atoms with Crippen LogP contribution in [-0.2, 0) is 11.2 Å². The fourth-order valence-corrected chi connectivity index (χ4v) is 4.87. The van der Waals surface area contributed by atoms with E-state index in [1.807, 2.05) is 0 Å². The average molecular weight is 414 g/mol. The van der Waals surface area contributed by atoms with E-state index in [2.05, 4.69) is 45.4 Å². The first-order valence-corrected chi connectivity index (χ1v) is 10.1. The monoisotopic (exact) mass is 413 g/mol. The van der Waals surface area contributed by atoms with Gasteiger partial charge in [0, 0.05) is 51.2 Å². The van der Waals surface area contributed by atoms with Crippen LogP contribution in [0.1, 0.15) is 37.7 Å². The summed E-state index contributed by atoms with van der Waals surface area (Å²) in [4.78, 5) is 17.3. The zero-order chi connectivity index (χ0) is 17.1. The minimum Gasteiger partial charge on any atom is -0.340 e. The van der Waals surface area contributed by atoms with Crippen LogP contribution in [0.25, 0.3) is 0 Å². The Morgan fingerprint density at radius 3 is 2.22 bits per heavy atom. The van der Waals surface area contributed by atoms with Crippen LogP contribution in [-0.4, -0.2) is 60.5 Å². The second-order valence-corrected chi connectivity index (χ2v) is 8.14. The van der Waals surface area contributed by atoms with E-state index in [0.717, 1.165) is 45.6 Å². The molecule has 1 aromatic carbocycles. The molecular weight excluding hydrogens is 381 g/mol. The Morgan fingerprint density at radius 2 is 1.59 bits per heavy atom. The molecule has 3 heterocycles. The number of carbonyl (C=O) groups excluding carboxylic acids is 1. The lowest BCUT2D eigenvalue weighted by Crippen LogP contribution is -2.49. The summed E-state index contributed by atoms with van der Waals surface area (Å²) in [5.41, 5.74) is 1.40. The van der Waals surface area contributed by atoms with Crippen molar-refractivity contribution in [3.05, 3.63) is 35.9 Å². The summed E-state index contributed by atoms with van der Waals surface area (Å²) in [7, 11) is 0. The highest BCUT2D eigenvalue weighted by molar-refractivity contribution is 5.85. The molecule has 152 valence electrons. The minimum absolute atomic E-state index is 0. The first-order chi connectivity index (χ1) is 12.3. The number of piperidine rings is 1. The summed E-state index contributed by atoms with van der Waals surface area (Å²) < 4.78 is 0. The number of carbonyl (C=O) groups is 1. The molecule has 1 N–H and O–H groups in total. The Kier molecular flexibility index (Phi) is 8.87. The van der Waals surface area contributed by atoms with Gasteiger partial charge in [-0.3, -0.25) is 9.69 Å². The van der Waals surface area contributed by atoms with Crippen molar-refractivity contribution in [2.75, 3.05) is 32.7 Å². The lowest BCUT2D eigenvalue weighted by atomic mass is 9.89. The summed E-state index contributed by atoms with van der Waals surface area (Å²) in [6, 6.07) is 12.1. The number of rotatable bonds is 5. The fourth-order valence-electron chi connectivity index (χ4n) is 4.87. The van der Waals surface area contributed by atoms with Gasteiger partial charge in [-0.25, -0.2) is 0 Å². The Bertz CT molecular complexity index is 566. The van der Waals surface area contributed by atoms with Crippen LogP contribution in [0.4, 0.5) is 0 Å². The van der Waals surface area contributed by atoms with E-state index in [9.17, 15) is 4.79 Å². The van der Waals surface area contributed by atoms with Crippen LogP contribution in [0.15, 0.2) is 30.3 Å². The molecule has 3 fully saturated rings. The fraction of sp³-hybridized carbons (Fsp3) is 0.667. The molecule has 3 saturated heterocycles. The minimum atomic E-state index is 0. The molecule has 0 spiro atoms. The number of hydrogen-bond acceptors (Lipinski definition) is 3. The predicted octanol–water partition coefficient (Wildman–Crippen LogP) is 3.14. The molecule has 0 saturated carbocycles. The molecule has 0 aromatic heterocycles. The highest BCUT2D eigenvalue weighted by atomic mass is 35.5. The maximum Gasteiger partial charge on any atom is 0.222 e. The van der Waals surface area contributed by atoms with Crippen LogP contribution < -0.4 is 5.32 Å². The number of halogens is 2. The number of benzene rings is 1. The van der Waals surface area contributed by atoms with E-state index in [0.29, 0.717) is 23.9 Å². The highest BCUT2D eigenvalue weighted by Gasteiger charge is 2.35. The van der Waals surface area contributed by atoms with Crippen molar-refractivity contribution < 1.29 is 4.79 Å². The van der Waals surface area contributed by atoms with E-state index in [1.54, 1.807) is 0 Å². The summed E-state index contributed by atoms with van der Waals surface area (Å²) in [5.74, 6) is 1.01. The third-order valence-corrected chi connectivity index (χ3v) is 6.32. The second-order valence-electron chi connectivity index (χ2n) is 8.14. The molecule has 3 aliphatic heterocycles. The van der Waals surface area contributed by atoms with Crippen molar-refractivity contribution >= 4 is 30.7 Å². The van der Waals surface area contributed by atoms with E-state index in [-0.39, 0.29) is 24.8 Å². The van der Waals surface area contributed by atoms with Gasteiger partial charge in [-0.2, -0.15) is 0 Å². The van der Waals surface area contributed by atoms with Crippen LogP contribution >= 0.6 is 24.8 Å². The lowest BCUT2D eigenvalue weighted by Gasteiger charge is -2.36. The molecule has 1 amide bonds. The molecule has 3 aliphatic rings. The lowest BCUT2D eigenvalue weighted by molar-refractivity contribution is -0.134. The largest absolute Gasteiger partial charge is 0.340 e. The Morgan fingerprint density at radius 1 is 0.963 bits per heavy atom. The molecule has 1 aromatic rings. The first kappa shape index (κ1) is 22.5. The zero-order valence-electron chi connectivity index (χ0n) is 16.0. The van der Waals surface area contributed by atoms with Crippen LogP contribution in [0.2, 0.25) is 0 Å². The SMILES string of the molecule is Cl.Cl.O=C(CC1CC2CCC(C1)N2)N1CCN(CCc2ccccc2)CC1. The Hall–Kier alpha value is -0.810. The third kappa shape index (κ3) is 6.08. The zero-order valence-corrected chi connectivity index (χ0v) is 17.6. The molecular formula is C21H33Cl2N3O. The van der Waals surface area contributed by atoms with Crippen molar-refractivity contribution in [1.82, 2.24) is 15.1 Å². The summed E-state index contributed by atoms with van der Waals surface area (Å²) in [5, 5.41) is 3.67. The average Bonchev–Trinajstić information content (AvgIpc) is 2.99. The number of nitrogens with zero attached hydrogens (tertiary/aromatic N) is 2. The summed E-state index contributed by atoms with van der Waals surface area (Å²) >= 11 is 0. The van der Waals surface area contributed by atoms with Crippen molar-refractivity contribution in [3.8, 4) is 0 Å².